The summed E-state index contributed by atoms with van der Waals surface area (Å²) >= 11 is 0. The average Bonchev–Trinajstić information content (AvgIpc) is 2.39. The van der Waals surface area contributed by atoms with Gasteiger partial charge in [-0.3, -0.25) is 0 Å². The molecule has 1 aromatic rings. The minimum Gasteiger partial charge on any atom is -0.417 e. The lowest BCUT2D eigenvalue weighted by molar-refractivity contribution is 0.366. The van der Waals surface area contributed by atoms with E-state index in [-0.39, 0.29) is 0 Å². The molecule has 1 aliphatic carbocycles. The lowest BCUT2D eigenvalue weighted by atomic mass is 9.83. The third-order valence-electron chi connectivity index (χ3n) is 3.73. The summed E-state index contributed by atoms with van der Waals surface area (Å²) in [6.07, 6.45) is 8.75. The Bertz CT molecular complexity index is 364. The summed E-state index contributed by atoms with van der Waals surface area (Å²) < 4.78 is 5.58. The van der Waals surface area contributed by atoms with Gasteiger partial charge in [-0.1, -0.05) is 19.3 Å². The molecule has 1 aliphatic rings. The molecule has 94 valence electrons. The van der Waals surface area contributed by atoms with Crippen molar-refractivity contribution in [2.75, 3.05) is 6.61 Å². The minimum absolute atomic E-state index is 0.671. The molecular formula is C13H22N2OSi. The van der Waals surface area contributed by atoms with Gasteiger partial charge in [-0.25, -0.2) is 0 Å². The third kappa shape index (κ3) is 3.13. The smallest absolute Gasteiger partial charge is 0.215 e. The van der Waals surface area contributed by atoms with Crippen LogP contribution in [-0.4, -0.2) is 26.6 Å². The van der Waals surface area contributed by atoms with Crippen molar-refractivity contribution in [3.63, 3.8) is 0 Å². The number of hydrogen-bond donors (Lipinski definition) is 0. The molecule has 4 heteroatoms. The molecule has 0 radical (unpaired) electrons. The molecule has 2 rings (SSSR count). The minimum atomic E-state index is -0.671. The molecule has 0 spiro atoms. The Labute approximate surface area is 106 Å². The molecule has 1 saturated carbocycles. The highest BCUT2D eigenvalue weighted by Crippen LogP contribution is 2.33. The van der Waals surface area contributed by atoms with Crippen molar-refractivity contribution in [1.29, 1.82) is 0 Å². The highest BCUT2D eigenvalue weighted by atomic mass is 28.2. The van der Waals surface area contributed by atoms with E-state index in [0.717, 1.165) is 11.9 Å². The Morgan fingerprint density at radius 3 is 2.82 bits per heavy atom. The Morgan fingerprint density at radius 2 is 2.12 bits per heavy atom. The van der Waals surface area contributed by atoms with Crippen LogP contribution in [0.15, 0.2) is 6.20 Å². The van der Waals surface area contributed by atoms with Crippen LogP contribution >= 0.6 is 0 Å². The molecule has 0 bridgehead atoms. The van der Waals surface area contributed by atoms with Gasteiger partial charge in [0.15, 0.2) is 0 Å². The fraction of sp³-hybridized carbons (Fsp3) is 0.692. The SMILES string of the molecule is CCO[SiH2]c1nncc(C2CCCCC2)c1C. The zero-order valence-corrected chi connectivity index (χ0v) is 12.3. The molecule has 0 aromatic carbocycles. The van der Waals surface area contributed by atoms with Gasteiger partial charge >= 0.3 is 0 Å². The van der Waals surface area contributed by atoms with Crippen LogP contribution in [0.3, 0.4) is 0 Å². The lowest BCUT2D eigenvalue weighted by Crippen LogP contribution is -2.27. The zero-order valence-electron chi connectivity index (χ0n) is 10.9. The molecular weight excluding hydrogens is 228 g/mol. The van der Waals surface area contributed by atoms with Gasteiger partial charge in [0.2, 0.25) is 9.76 Å². The maximum absolute atomic E-state index is 5.58. The first-order chi connectivity index (χ1) is 8.33. The number of nitrogens with zero attached hydrogens (tertiary/aromatic N) is 2. The highest BCUT2D eigenvalue weighted by molar-refractivity contribution is 6.46. The van der Waals surface area contributed by atoms with Crippen LogP contribution in [0, 0.1) is 6.92 Å². The van der Waals surface area contributed by atoms with E-state index in [9.17, 15) is 0 Å². The summed E-state index contributed by atoms with van der Waals surface area (Å²) in [7, 11) is -0.671. The van der Waals surface area contributed by atoms with Crippen LogP contribution in [0.4, 0.5) is 0 Å². The monoisotopic (exact) mass is 250 g/mol. The molecule has 0 saturated heterocycles. The maximum Gasteiger partial charge on any atom is 0.215 e. The van der Waals surface area contributed by atoms with Crippen LogP contribution in [0.1, 0.15) is 56.1 Å². The highest BCUT2D eigenvalue weighted by Gasteiger charge is 2.19. The van der Waals surface area contributed by atoms with Crippen LogP contribution in [-0.2, 0) is 4.43 Å². The number of hydrogen-bond acceptors (Lipinski definition) is 3. The molecule has 1 fully saturated rings. The molecule has 3 nitrogen and oxygen atoms in total. The van der Waals surface area contributed by atoms with Crippen molar-refractivity contribution in [2.24, 2.45) is 0 Å². The van der Waals surface area contributed by atoms with Crippen LogP contribution in [0.25, 0.3) is 0 Å². The van der Waals surface area contributed by atoms with E-state index in [1.165, 1.54) is 43.2 Å². The summed E-state index contributed by atoms with van der Waals surface area (Å²) in [6.45, 7) is 5.03. The topological polar surface area (TPSA) is 35.0 Å². The molecule has 1 heterocycles. The molecule has 0 N–H and O–H groups in total. The molecule has 17 heavy (non-hydrogen) atoms. The van der Waals surface area contributed by atoms with Gasteiger partial charge in [0.25, 0.3) is 0 Å². The normalized spacial score (nSPS) is 18.0. The summed E-state index contributed by atoms with van der Waals surface area (Å²) in [5, 5.41) is 9.58. The van der Waals surface area contributed by atoms with Crippen molar-refractivity contribution < 1.29 is 4.43 Å². The van der Waals surface area contributed by atoms with Crippen LogP contribution in [0.2, 0.25) is 0 Å². The summed E-state index contributed by atoms with van der Waals surface area (Å²) in [6, 6.07) is 0. The predicted octanol–water partition coefficient (Wildman–Crippen LogP) is 1.58. The predicted molar refractivity (Wildman–Crippen MR) is 72.4 cm³/mol. The molecule has 0 atom stereocenters. The van der Waals surface area contributed by atoms with Crippen molar-refractivity contribution >= 4 is 15.1 Å². The van der Waals surface area contributed by atoms with Crippen molar-refractivity contribution in [3.8, 4) is 0 Å². The first kappa shape index (κ1) is 12.7. The van der Waals surface area contributed by atoms with E-state index >= 15 is 0 Å². The van der Waals surface area contributed by atoms with Gasteiger partial charge in [-0.05, 0) is 43.7 Å². The van der Waals surface area contributed by atoms with Crippen LogP contribution < -0.4 is 5.32 Å². The molecule has 0 unspecified atom stereocenters. The molecule has 0 aliphatic heterocycles. The van der Waals surface area contributed by atoms with Gasteiger partial charge < -0.3 is 4.43 Å². The summed E-state index contributed by atoms with van der Waals surface area (Å²) in [5.41, 5.74) is 2.79. The van der Waals surface area contributed by atoms with Crippen molar-refractivity contribution in [1.82, 2.24) is 10.2 Å². The van der Waals surface area contributed by atoms with E-state index in [2.05, 4.69) is 17.1 Å². The number of aromatic nitrogens is 2. The number of rotatable bonds is 4. The van der Waals surface area contributed by atoms with Crippen molar-refractivity contribution in [2.45, 2.75) is 51.9 Å². The quantitative estimate of drug-likeness (QED) is 0.761. The second kappa shape index (κ2) is 6.26. The van der Waals surface area contributed by atoms with E-state index in [1.807, 2.05) is 13.1 Å². The fourth-order valence-electron chi connectivity index (χ4n) is 2.66. The van der Waals surface area contributed by atoms with Gasteiger partial charge in [0.1, 0.15) is 0 Å². The van der Waals surface area contributed by atoms with Crippen LogP contribution in [0.5, 0.6) is 0 Å². The first-order valence-corrected chi connectivity index (χ1v) is 8.00. The Hall–Kier alpha value is -0.743. The van der Waals surface area contributed by atoms with Gasteiger partial charge in [0.05, 0.1) is 11.5 Å². The second-order valence-corrected chi connectivity index (χ2v) is 6.21. The largest absolute Gasteiger partial charge is 0.417 e. The lowest BCUT2D eigenvalue weighted by Gasteiger charge is -2.23. The Kier molecular flexibility index (Phi) is 4.68. The van der Waals surface area contributed by atoms with E-state index in [0.29, 0.717) is 5.92 Å². The Balaban J connectivity index is 2.15. The van der Waals surface area contributed by atoms with E-state index in [4.69, 9.17) is 4.43 Å². The zero-order chi connectivity index (χ0) is 12.1. The summed E-state index contributed by atoms with van der Waals surface area (Å²) in [4.78, 5) is 0. The Morgan fingerprint density at radius 1 is 1.35 bits per heavy atom. The molecule has 0 amide bonds. The third-order valence-corrected chi connectivity index (χ3v) is 5.29. The van der Waals surface area contributed by atoms with Gasteiger partial charge in [0, 0.05) is 6.61 Å². The van der Waals surface area contributed by atoms with E-state index < -0.39 is 9.76 Å². The first-order valence-electron chi connectivity index (χ1n) is 6.71. The molecule has 1 aromatic heterocycles. The second-order valence-electron chi connectivity index (χ2n) is 4.84. The van der Waals surface area contributed by atoms with Crippen molar-refractivity contribution in [3.05, 3.63) is 17.3 Å². The fourth-order valence-corrected chi connectivity index (χ4v) is 3.62. The van der Waals surface area contributed by atoms with E-state index in [1.54, 1.807) is 0 Å². The maximum atomic E-state index is 5.58. The average molecular weight is 250 g/mol. The van der Waals surface area contributed by atoms with Gasteiger partial charge in [-0.15, -0.1) is 0 Å². The summed E-state index contributed by atoms with van der Waals surface area (Å²) in [5.74, 6) is 0.716. The standard InChI is InChI=1S/C13H22N2OSi/c1-3-16-17-13-10(2)12(9-14-15-13)11-7-5-4-6-8-11/h9,11H,3-8,17H2,1-2H3. The van der Waals surface area contributed by atoms with Gasteiger partial charge in [-0.2, -0.15) is 10.2 Å².